The molecule has 31 heavy (non-hydrogen) atoms. The topological polar surface area (TPSA) is 166 Å². The van der Waals surface area contributed by atoms with Gasteiger partial charge in [-0.15, -0.1) is 0 Å². The van der Waals surface area contributed by atoms with Crippen LogP contribution in [0, 0.1) is 5.41 Å². The van der Waals surface area contributed by atoms with Crippen molar-refractivity contribution >= 4 is 27.3 Å². The Balaban J connectivity index is 2.03. The van der Waals surface area contributed by atoms with Crippen molar-refractivity contribution in [1.82, 2.24) is 0 Å². The van der Waals surface area contributed by atoms with Crippen molar-refractivity contribution < 1.29 is 27.8 Å². The minimum absolute atomic E-state index is 0.0440. The first-order chi connectivity index (χ1) is 14.6. The number of amidine groups is 1. The fraction of sp³-hybridized carbons (Fsp3) is 0.0476. The zero-order valence-electron chi connectivity index (χ0n) is 16.3. The Hall–Kier alpha value is -4.05. The standard InChI is InChI=1S/C21H19N3O6S/c1-29-13-6-8-15(9-7-13)31(27,28)16-10-17(21(25)26)19(18(22)11-16)30-14-4-2-12(3-5-14)20(23)24/h2-11H,22H2,1H3,(H3,23,24)(H,25,26). The Morgan fingerprint density at radius 2 is 1.55 bits per heavy atom. The van der Waals surface area contributed by atoms with Gasteiger partial charge >= 0.3 is 5.97 Å². The molecule has 0 radical (unpaired) electrons. The number of nitrogen functional groups attached to an aromatic ring is 2. The molecular weight excluding hydrogens is 422 g/mol. The van der Waals surface area contributed by atoms with Crippen LogP contribution in [0.25, 0.3) is 0 Å². The number of carbonyl (C=O) groups is 1. The van der Waals surface area contributed by atoms with Gasteiger partial charge in [-0.2, -0.15) is 0 Å². The molecule has 0 amide bonds. The average Bonchev–Trinajstić information content (AvgIpc) is 2.75. The van der Waals surface area contributed by atoms with Gasteiger partial charge in [-0.3, -0.25) is 5.41 Å². The number of anilines is 1. The van der Waals surface area contributed by atoms with Crippen LogP contribution in [0.5, 0.6) is 17.2 Å². The number of rotatable bonds is 7. The third-order valence-corrected chi connectivity index (χ3v) is 6.14. The van der Waals surface area contributed by atoms with Crippen LogP contribution < -0.4 is 20.9 Å². The Bertz CT molecular complexity index is 1250. The molecule has 0 aliphatic carbocycles. The van der Waals surface area contributed by atoms with Crippen LogP contribution in [0.3, 0.4) is 0 Å². The van der Waals surface area contributed by atoms with Gasteiger partial charge in [0.1, 0.15) is 22.9 Å². The second-order valence-electron chi connectivity index (χ2n) is 6.41. The Labute approximate surface area is 178 Å². The summed E-state index contributed by atoms with van der Waals surface area (Å²) in [6.07, 6.45) is 0. The third-order valence-electron chi connectivity index (χ3n) is 4.39. The van der Waals surface area contributed by atoms with Crippen LogP contribution in [0.15, 0.2) is 70.5 Å². The summed E-state index contributed by atoms with van der Waals surface area (Å²) in [6.45, 7) is 0. The van der Waals surface area contributed by atoms with Crippen LogP contribution >= 0.6 is 0 Å². The summed E-state index contributed by atoms with van der Waals surface area (Å²) in [7, 11) is -2.59. The smallest absolute Gasteiger partial charge is 0.339 e. The molecule has 0 unspecified atom stereocenters. The van der Waals surface area contributed by atoms with E-state index in [-0.39, 0.29) is 32.8 Å². The number of ether oxygens (including phenoxy) is 2. The molecular formula is C21H19N3O6S. The molecule has 0 aliphatic heterocycles. The molecule has 0 bridgehead atoms. The molecule has 0 aromatic heterocycles. The molecule has 6 N–H and O–H groups in total. The summed E-state index contributed by atoms with van der Waals surface area (Å²) in [6, 6.07) is 13.8. The molecule has 0 aliphatic rings. The van der Waals surface area contributed by atoms with Gasteiger partial charge < -0.3 is 26.0 Å². The summed E-state index contributed by atoms with van der Waals surface area (Å²) in [5.74, 6) is -1.02. The monoisotopic (exact) mass is 441 g/mol. The quantitative estimate of drug-likeness (QED) is 0.247. The number of methoxy groups -OCH3 is 1. The number of benzene rings is 3. The zero-order chi connectivity index (χ0) is 22.8. The predicted molar refractivity (Wildman–Crippen MR) is 114 cm³/mol. The number of hydrogen-bond acceptors (Lipinski definition) is 7. The number of sulfone groups is 1. The zero-order valence-corrected chi connectivity index (χ0v) is 17.1. The lowest BCUT2D eigenvalue weighted by molar-refractivity contribution is 0.0694. The molecule has 3 rings (SSSR count). The lowest BCUT2D eigenvalue weighted by Crippen LogP contribution is -2.10. The summed E-state index contributed by atoms with van der Waals surface area (Å²) < 4.78 is 36.6. The summed E-state index contributed by atoms with van der Waals surface area (Å²) in [4.78, 5) is 11.5. The maximum absolute atomic E-state index is 13.0. The number of nitrogens with one attached hydrogen (secondary N) is 1. The molecule has 160 valence electrons. The van der Waals surface area contributed by atoms with Gasteiger partial charge in [0.25, 0.3) is 0 Å². The second-order valence-corrected chi connectivity index (χ2v) is 8.36. The normalized spacial score (nSPS) is 11.0. The van der Waals surface area contributed by atoms with Gasteiger partial charge in [0.05, 0.1) is 22.6 Å². The van der Waals surface area contributed by atoms with E-state index in [4.69, 9.17) is 26.4 Å². The molecule has 0 spiro atoms. The van der Waals surface area contributed by atoms with Crippen LogP contribution in [0.1, 0.15) is 15.9 Å². The van der Waals surface area contributed by atoms with Crippen LogP contribution in [0.4, 0.5) is 5.69 Å². The lowest BCUT2D eigenvalue weighted by atomic mass is 10.1. The van der Waals surface area contributed by atoms with Crippen molar-refractivity contribution in [2.45, 2.75) is 9.79 Å². The van der Waals surface area contributed by atoms with Crippen LogP contribution in [-0.4, -0.2) is 32.4 Å². The number of nitrogens with two attached hydrogens (primary N) is 2. The van der Waals surface area contributed by atoms with E-state index in [2.05, 4.69) is 0 Å². The Kier molecular flexibility index (Phi) is 5.84. The number of hydrogen-bond donors (Lipinski definition) is 4. The van der Waals surface area contributed by atoms with Crippen LogP contribution in [0.2, 0.25) is 0 Å². The lowest BCUT2D eigenvalue weighted by Gasteiger charge is -2.14. The minimum atomic E-state index is -4.04. The highest BCUT2D eigenvalue weighted by atomic mass is 32.2. The van der Waals surface area contributed by atoms with E-state index in [1.807, 2.05) is 0 Å². The van der Waals surface area contributed by atoms with Crippen molar-refractivity contribution in [3.05, 3.63) is 71.8 Å². The van der Waals surface area contributed by atoms with Gasteiger partial charge in [-0.25, -0.2) is 13.2 Å². The van der Waals surface area contributed by atoms with Crippen molar-refractivity contribution in [2.75, 3.05) is 12.8 Å². The molecule has 0 atom stereocenters. The molecule has 0 saturated heterocycles. The molecule has 3 aromatic carbocycles. The minimum Gasteiger partial charge on any atom is -0.497 e. The van der Waals surface area contributed by atoms with E-state index in [0.717, 1.165) is 12.1 Å². The van der Waals surface area contributed by atoms with Crippen LogP contribution in [-0.2, 0) is 9.84 Å². The van der Waals surface area contributed by atoms with E-state index >= 15 is 0 Å². The fourth-order valence-corrected chi connectivity index (χ4v) is 4.08. The van der Waals surface area contributed by atoms with Gasteiger partial charge in [0.15, 0.2) is 5.75 Å². The van der Waals surface area contributed by atoms with Gasteiger partial charge in [-0.1, -0.05) is 0 Å². The highest BCUT2D eigenvalue weighted by Crippen LogP contribution is 2.36. The van der Waals surface area contributed by atoms with Crippen molar-refractivity contribution in [3.63, 3.8) is 0 Å². The average molecular weight is 441 g/mol. The number of carboxylic acid groups (broad SMARTS) is 1. The highest BCUT2D eigenvalue weighted by Gasteiger charge is 2.24. The van der Waals surface area contributed by atoms with E-state index in [0.29, 0.717) is 11.3 Å². The molecule has 3 aromatic rings. The van der Waals surface area contributed by atoms with E-state index < -0.39 is 21.4 Å². The summed E-state index contributed by atoms with van der Waals surface area (Å²) in [5, 5.41) is 17.0. The van der Waals surface area contributed by atoms with E-state index in [9.17, 15) is 18.3 Å². The molecule has 10 heteroatoms. The molecule has 9 nitrogen and oxygen atoms in total. The highest BCUT2D eigenvalue weighted by molar-refractivity contribution is 7.91. The van der Waals surface area contributed by atoms with Crippen molar-refractivity contribution in [2.24, 2.45) is 5.73 Å². The van der Waals surface area contributed by atoms with Gasteiger partial charge in [0, 0.05) is 5.56 Å². The SMILES string of the molecule is COc1ccc(S(=O)(=O)c2cc(N)c(Oc3ccc(C(=N)N)cc3)c(C(=O)O)c2)cc1. The van der Waals surface area contributed by atoms with Crippen molar-refractivity contribution in [3.8, 4) is 17.2 Å². The molecule has 0 saturated carbocycles. The first-order valence-electron chi connectivity index (χ1n) is 8.81. The predicted octanol–water partition coefficient (Wildman–Crippen LogP) is 2.88. The first-order valence-corrected chi connectivity index (χ1v) is 10.3. The fourth-order valence-electron chi connectivity index (χ4n) is 2.76. The summed E-state index contributed by atoms with van der Waals surface area (Å²) >= 11 is 0. The Morgan fingerprint density at radius 3 is 2.06 bits per heavy atom. The number of aromatic carboxylic acids is 1. The van der Waals surface area contributed by atoms with E-state index in [1.165, 1.54) is 55.6 Å². The maximum atomic E-state index is 13.0. The first kappa shape index (κ1) is 21.7. The Morgan fingerprint density at radius 1 is 0.968 bits per heavy atom. The summed E-state index contributed by atoms with van der Waals surface area (Å²) in [5.41, 5.74) is 11.3. The van der Waals surface area contributed by atoms with Crippen molar-refractivity contribution in [1.29, 1.82) is 5.41 Å². The molecule has 0 fully saturated rings. The number of carboxylic acids is 1. The van der Waals surface area contributed by atoms with E-state index in [1.54, 1.807) is 0 Å². The molecule has 0 heterocycles. The second kappa shape index (κ2) is 8.36. The van der Waals surface area contributed by atoms with Gasteiger partial charge in [-0.05, 0) is 60.7 Å². The third kappa shape index (κ3) is 4.43. The largest absolute Gasteiger partial charge is 0.497 e. The van der Waals surface area contributed by atoms with Gasteiger partial charge in [0.2, 0.25) is 9.84 Å². The maximum Gasteiger partial charge on any atom is 0.339 e.